The Morgan fingerprint density at radius 2 is 2.07 bits per heavy atom. The minimum absolute atomic E-state index is 0.187. The lowest BCUT2D eigenvalue weighted by atomic mass is 10.0. The Balaban J connectivity index is 2.66. The maximum absolute atomic E-state index is 11.0. The molecule has 0 radical (unpaired) electrons. The Morgan fingerprint density at radius 1 is 1.27 bits per heavy atom. The third-order valence-corrected chi connectivity index (χ3v) is 2.26. The normalized spacial score (nSPS) is 10.2. The molecule has 3 nitrogen and oxygen atoms in total. The van der Waals surface area contributed by atoms with Crippen molar-refractivity contribution in [2.75, 3.05) is 0 Å². The van der Waals surface area contributed by atoms with Gasteiger partial charge >= 0.3 is 0 Å². The van der Waals surface area contributed by atoms with E-state index in [1.165, 1.54) is 6.26 Å². The van der Waals surface area contributed by atoms with Crippen LogP contribution in [0.4, 0.5) is 0 Å². The number of benzene rings is 1. The Bertz CT molecular complexity index is 484. The molecule has 3 heteroatoms. The number of carboxylic acid groups (broad SMARTS) is 1. The average molecular weight is 201 g/mol. The van der Waals surface area contributed by atoms with Gasteiger partial charge in [0.15, 0.2) is 0 Å². The van der Waals surface area contributed by atoms with Crippen molar-refractivity contribution in [2.24, 2.45) is 0 Å². The maximum atomic E-state index is 11.0. The number of carboxylic acids is 1. The Kier molecular flexibility index (Phi) is 2.29. The smallest absolute Gasteiger partial charge is 0.134 e. The first-order chi connectivity index (χ1) is 7.20. The quantitative estimate of drug-likeness (QED) is 0.741. The van der Waals surface area contributed by atoms with Gasteiger partial charge in [-0.25, -0.2) is 0 Å². The van der Waals surface area contributed by atoms with Gasteiger partial charge in [0, 0.05) is 11.1 Å². The minimum Gasteiger partial charge on any atom is -0.545 e. The molecule has 1 aromatic carbocycles. The van der Waals surface area contributed by atoms with Gasteiger partial charge in [0.25, 0.3) is 0 Å². The maximum Gasteiger partial charge on any atom is 0.134 e. The van der Waals surface area contributed by atoms with Crippen LogP contribution in [-0.2, 0) is 0 Å². The first-order valence-electron chi connectivity index (χ1n) is 4.55. The molecular formula is C12H9O3-. The number of furan rings is 1. The van der Waals surface area contributed by atoms with E-state index in [9.17, 15) is 9.90 Å². The summed E-state index contributed by atoms with van der Waals surface area (Å²) in [5.74, 6) is -0.641. The van der Waals surface area contributed by atoms with E-state index in [1.54, 1.807) is 37.3 Å². The second-order valence-corrected chi connectivity index (χ2v) is 3.26. The predicted molar refractivity (Wildman–Crippen MR) is 53.2 cm³/mol. The zero-order chi connectivity index (χ0) is 10.8. The first-order valence-corrected chi connectivity index (χ1v) is 4.55. The number of carbonyl (C=O) groups excluding carboxylic acids is 1. The van der Waals surface area contributed by atoms with Gasteiger partial charge in [-0.2, -0.15) is 0 Å². The lowest BCUT2D eigenvalue weighted by Crippen LogP contribution is -2.24. The molecule has 1 aromatic heterocycles. The highest BCUT2D eigenvalue weighted by atomic mass is 16.4. The van der Waals surface area contributed by atoms with E-state index in [0.29, 0.717) is 16.9 Å². The van der Waals surface area contributed by atoms with Crippen molar-refractivity contribution in [1.29, 1.82) is 0 Å². The Labute approximate surface area is 87.0 Å². The SMILES string of the molecule is Cc1cccc(-c2ccco2)c1C(=O)[O-]. The molecule has 0 saturated heterocycles. The van der Waals surface area contributed by atoms with Crippen LogP contribution in [0.15, 0.2) is 41.0 Å². The van der Waals surface area contributed by atoms with Crippen molar-refractivity contribution in [3.8, 4) is 11.3 Å². The molecule has 0 atom stereocenters. The van der Waals surface area contributed by atoms with Crippen molar-refractivity contribution in [1.82, 2.24) is 0 Å². The van der Waals surface area contributed by atoms with Crippen LogP contribution < -0.4 is 5.11 Å². The first kappa shape index (κ1) is 9.52. The number of hydrogen-bond donors (Lipinski definition) is 0. The molecule has 0 aliphatic rings. The lowest BCUT2D eigenvalue weighted by molar-refractivity contribution is -0.255. The molecule has 0 aliphatic carbocycles. The van der Waals surface area contributed by atoms with Crippen molar-refractivity contribution in [3.05, 3.63) is 47.7 Å². The monoisotopic (exact) mass is 201 g/mol. The lowest BCUT2D eigenvalue weighted by Gasteiger charge is -2.11. The third kappa shape index (κ3) is 1.64. The molecule has 2 aromatic rings. The van der Waals surface area contributed by atoms with Crippen LogP contribution in [0.25, 0.3) is 11.3 Å². The summed E-state index contributed by atoms with van der Waals surface area (Å²) in [5.41, 5.74) is 1.41. The molecular weight excluding hydrogens is 192 g/mol. The molecule has 1 heterocycles. The summed E-state index contributed by atoms with van der Waals surface area (Å²) in [6.45, 7) is 1.73. The topological polar surface area (TPSA) is 53.3 Å². The zero-order valence-electron chi connectivity index (χ0n) is 8.19. The highest BCUT2D eigenvalue weighted by Crippen LogP contribution is 2.25. The Morgan fingerprint density at radius 3 is 2.67 bits per heavy atom. The predicted octanol–water partition coefficient (Wildman–Crippen LogP) is 1.62. The van der Waals surface area contributed by atoms with Crippen LogP contribution in [0.5, 0.6) is 0 Å². The summed E-state index contributed by atoms with van der Waals surface area (Å²) in [6, 6.07) is 8.67. The molecule has 0 N–H and O–H groups in total. The molecule has 0 amide bonds. The van der Waals surface area contributed by atoms with Crippen LogP contribution in [-0.4, -0.2) is 5.97 Å². The fraction of sp³-hybridized carbons (Fsp3) is 0.0833. The van der Waals surface area contributed by atoms with E-state index in [1.807, 2.05) is 0 Å². The summed E-state index contributed by atoms with van der Waals surface area (Å²) in [6.07, 6.45) is 1.51. The third-order valence-electron chi connectivity index (χ3n) is 2.26. The van der Waals surface area contributed by atoms with Crippen molar-refractivity contribution in [3.63, 3.8) is 0 Å². The number of aromatic carboxylic acids is 1. The summed E-state index contributed by atoms with van der Waals surface area (Å²) < 4.78 is 5.17. The van der Waals surface area contributed by atoms with Crippen molar-refractivity contribution in [2.45, 2.75) is 6.92 Å². The van der Waals surface area contributed by atoms with Crippen LogP contribution >= 0.6 is 0 Å². The van der Waals surface area contributed by atoms with E-state index < -0.39 is 5.97 Å². The number of aryl methyl sites for hydroxylation is 1. The van der Waals surface area contributed by atoms with E-state index in [-0.39, 0.29) is 5.56 Å². The standard InChI is InChI=1S/C12H10O3/c1-8-4-2-5-9(11(8)12(13)14)10-6-3-7-15-10/h2-7H,1H3,(H,13,14)/p-1. The van der Waals surface area contributed by atoms with Gasteiger partial charge in [-0.05, 0) is 24.6 Å². The molecule has 0 saturated carbocycles. The molecule has 0 aliphatic heterocycles. The molecule has 0 fully saturated rings. The molecule has 15 heavy (non-hydrogen) atoms. The highest BCUT2D eigenvalue weighted by Gasteiger charge is 2.10. The van der Waals surface area contributed by atoms with Gasteiger partial charge < -0.3 is 14.3 Å². The van der Waals surface area contributed by atoms with Crippen LogP contribution in [0, 0.1) is 6.92 Å². The number of carbonyl (C=O) groups is 1. The molecule has 0 unspecified atom stereocenters. The largest absolute Gasteiger partial charge is 0.545 e. The second kappa shape index (κ2) is 3.61. The summed E-state index contributed by atoms with van der Waals surface area (Å²) in [4.78, 5) is 11.0. The molecule has 0 spiro atoms. The molecule has 2 rings (SSSR count). The minimum atomic E-state index is -1.18. The highest BCUT2D eigenvalue weighted by molar-refractivity contribution is 5.95. The summed E-state index contributed by atoms with van der Waals surface area (Å²) in [7, 11) is 0. The summed E-state index contributed by atoms with van der Waals surface area (Å²) in [5, 5.41) is 11.0. The Hall–Kier alpha value is -2.03. The number of hydrogen-bond acceptors (Lipinski definition) is 3. The van der Waals surface area contributed by atoms with E-state index >= 15 is 0 Å². The van der Waals surface area contributed by atoms with Gasteiger partial charge in [-0.1, -0.05) is 18.2 Å². The van der Waals surface area contributed by atoms with Crippen LogP contribution in [0.1, 0.15) is 15.9 Å². The van der Waals surface area contributed by atoms with Crippen molar-refractivity contribution < 1.29 is 14.3 Å². The summed E-state index contributed by atoms with van der Waals surface area (Å²) >= 11 is 0. The molecule has 76 valence electrons. The van der Waals surface area contributed by atoms with Crippen molar-refractivity contribution >= 4 is 5.97 Å². The van der Waals surface area contributed by atoms with E-state index in [2.05, 4.69) is 0 Å². The fourth-order valence-electron chi connectivity index (χ4n) is 1.58. The fourth-order valence-corrected chi connectivity index (χ4v) is 1.58. The molecule has 0 bridgehead atoms. The number of rotatable bonds is 2. The van der Waals surface area contributed by atoms with E-state index in [4.69, 9.17) is 4.42 Å². The van der Waals surface area contributed by atoms with Gasteiger partial charge in [-0.3, -0.25) is 0 Å². The van der Waals surface area contributed by atoms with Gasteiger partial charge in [-0.15, -0.1) is 0 Å². The van der Waals surface area contributed by atoms with Crippen LogP contribution in [0.2, 0.25) is 0 Å². The van der Waals surface area contributed by atoms with Gasteiger partial charge in [0.05, 0.1) is 12.2 Å². The zero-order valence-corrected chi connectivity index (χ0v) is 8.19. The average Bonchev–Trinajstić information content (AvgIpc) is 2.69. The van der Waals surface area contributed by atoms with Crippen LogP contribution in [0.3, 0.4) is 0 Å². The van der Waals surface area contributed by atoms with Gasteiger partial charge in [0.2, 0.25) is 0 Å². The second-order valence-electron chi connectivity index (χ2n) is 3.26. The van der Waals surface area contributed by atoms with Gasteiger partial charge in [0.1, 0.15) is 5.76 Å². The van der Waals surface area contributed by atoms with E-state index in [0.717, 1.165) is 0 Å².